The first kappa shape index (κ1) is 9.86. The maximum Gasteiger partial charge on any atom is 0.569 e. The molecule has 1 radical (unpaired) electrons. The van der Waals surface area contributed by atoms with Crippen molar-refractivity contribution in [3.05, 3.63) is 36.4 Å². The van der Waals surface area contributed by atoms with E-state index in [1.165, 1.54) is 0 Å². The summed E-state index contributed by atoms with van der Waals surface area (Å²) in [5.74, 6) is 1.43. The summed E-state index contributed by atoms with van der Waals surface area (Å²) in [6.45, 7) is 0. The van der Waals surface area contributed by atoms with E-state index in [4.69, 9.17) is 14.4 Å². The van der Waals surface area contributed by atoms with Crippen LogP contribution in [0.25, 0.3) is 10.8 Å². The van der Waals surface area contributed by atoms with Crippen LogP contribution >= 0.6 is 0 Å². The van der Waals surface area contributed by atoms with Crippen LogP contribution in [0.3, 0.4) is 0 Å². The van der Waals surface area contributed by atoms with Crippen molar-refractivity contribution >= 4 is 18.5 Å². The third-order valence-electron chi connectivity index (χ3n) is 2.21. The molecular formula is C11H10BO3. The van der Waals surface area contributed by atoms with Crippen LogP contribution in [0, 0.1) is 0 Å². The van der Waals surface area contributed by atoms with E-state index in [1.54, 1.807) is 13.2 Å². The number of fused-ring (bicyclic) bond motifs is 1. The average molecular weight is 201 g/mol. The Morgan fingerprint density at radius 2 is 1.60 bits per heavy atom. The summed E-state index contributed by atoms with van der Waals surface area (Å²) in [5.41, 5.74) is 0. The first-order chi connectivity index (χ1) is 7.33. The highest BCUT2D eigenvalue weighted by Gasteiger charge is 1.99. The third-order valence-corrected chi connectivity index (χ3v) is 2.21. The lowest BCUT2D eigenvalue weighted by atomic mass is 10.1. The molecule has 0 fully saturated rings. The minimum Gasteiger partial charge on any atom is -0.537 e. The van der Waals surface area contributed by atoms with Gasteiger partial charge in [0, 0.05) is 0 Å². The molecular weight excluding hydrogens is 191 g/mol. The van der Waals surface area contributed by atoms with E-state index >= 15 is 0 Å². The molecule has 0 unspecified atom stereocenters. The highest BCUT2D eigenvalue weighted by atomic mass is 16.5. The summed E-state index contributed by atoms with van der Waals surface area (Å²) in [6.07, 6.45) is 0. The van der Waals surface area contributed by atoms with Gasteiger partial charge in [-0.25, -0.2) is 0 Å². The van der Waals surface area contributed by atoms with E-state index in [1.807, 2.05) is 30.3 Å². The van der Waals surface area contributed by atoms with Crippen LogP contribution in [0.4, 0.5) is 0 Å². The standard InChI is InChI=1S/C11H10BO3/c1-14-10-4-2-9-7-11(15-12-13)5-3-8(9)6-10/h2-7,13H,1H3. The van der Waals surface area contributed by atoms with E-state index in [9.17, 15) is 0 Å². The maximum absolute atomic E-state index is 8.51. The molecule has 0 aliphatic rings. The van der Waals surface area contributed by atoms with Gasteiger partial charge in [0.1, 0.15) is 11.5 Å². The van der Waals surface area contributed by atoms with Crippen molar-refractivity contribution in [1.29, 1.82) is 0 Å². The van der Waals surface area contributed by atoms with Gasteiger partial charge in [-0.05, 0) is 35.0 Å². The van der Waals surface area contributed by atoms with Gasteiger partial charge in [-0.3, -0.25) is 0 Å². The van der Waals surface area contributed by atoms with Crippen LogP contribution in [0.2, 0.25) is 0 Å². The van der Waals surface area contributed by atoms with Crippen LogP contribution < -0.4 is 9.39 Å². The van der Waals surface area contributed by atoms with Gasteiger partial charge in [0.05, 0.1) is 7.11 Å². The molecule has 0 aliphatic heterocycles. The molecule has 0 atom stereocenters. The second-order valence-electron chi connectivity index (χ2n) is 3.10. The van der Waals surface area contributed by atoms with Crippen molar-refractivity contribution < 1.29 is 14.4 Å². The molecule has 2 aromatic rings. The number of hydrogen-bond acceptors (Lipinski definition) is 3. The molecule has 0 amide bonds. The lowest BCUT2D eigenvalue weighted by Crippen LogP contribution is -1.99. The summed E-state index contributed by atoms with van der Waals surface area (Å²) in [6, 6.07) is 11.3. The normalized spacial score (nSPS) is 10.0. The predicted molar refractivity (Wildman–Crippen MR) is 59.1 cm³/mol. The molecule has 15 heavy (non-hydrogen) atoms. The topological polar surface area (TPSA) is 38.7 Å². The van der Waals surface area contributed by atoms with Gasteiger partial charge >= 0.3 is 7.69 Å². The minimum atomic E-state index is 0.607. The Bertz CT molecular complexity index is 470. The molecule has 2 rings (SSSR count). The molecule has 1 N–H and O–H groups in total. The van der Waals surface area contributed by atoms with Gasteiger partial charge in [0.15, 0.2) is 0 Å². The van der Waals surface area contributed by atoms with E-state index in [-0.39, 0.29) is 0 Å². The Labute approximate surface area is 88.6 Å². The van der Waals surface area contributed by atoms with Crippen molar-refractivity contribution in [2.24, 2.45) is 0 Å². The average Bonchev–Trinajstić information content (AvgIpc) is 2.29. The summed E-state index contributed by atoms with van der Waals surface area (Å²) in [5, 5.41) is 10.6. The zero-order valence-corrected chi connectivity index (χ0v) is 8.31. The van der Waals surface area contributed by atoms with E-state index in [0.717, 1.165) is 16.5 Å². The molecule has 0 saturated carbocycles. The van der Waals surface area contributed by atoms with Crippen LogP contribution in [0.1, 0.15) is 0 Å². The maximum atomic E-state index is 8.51. The van der Waals surface area contributed by atoms with Crippen LogP contribution in [-0.4, -0.2) is 19.8 Å². The highest BCUT2D eigenvalue weighted by Crippen LogP contribution is 2.24. The quantitative estimate of drug-likeness (QED) is 0.768. The fraction of sp³-hybridized carbons (Fsp3) is 0.0909. The largest absolute Gasteiger partial charge is 0.569 e. The molecule has 0 aliphatic carbocycles. The highest BCUT2D eigenvalue weighted by molar-refractivity contribution is 6.17. The smallest absolute Gasteiger partial charge is 0.537 e. The molecule has 2 aromatic carbocycles. The van der Waals surface area contributed by atoms with E-state index in [0.29, 0.717) is 13.4 Å². The SMILES string of the molecule is COc1ccc2cc(O[B]O)ccc2c1. The van der Waals surface area contributed by atoms with Crippen LogP contribution in [-0.2, 0) is 0 Å². The fourth-order valence-corrected chi connectivity index (χ4v) is 1.46. The number of ether oxygens (including phenoxy) is 1. The Kier molecular flexibility index (Phi) is 2.78. The molecule has 0 spiro atoms. The monoisotopic (exact) mass is 201 g/mol. The number of benzene rings is 2. The lowest BCUT2D eigenvalue weighted by molar-refractivity contribution is 0.415. The van der Waals surface area contributed by atoms with Gasteiger partial charge in [-0.1, -0.05) is 12.1 Å². The second kappa shape index (κ2) is 4.23. The van der Waals surface area contributed by atoms with Gasteiger partial charge in [0.25, 0.3) is 0 Å². The zero-order chi connectivity index (χ0) is 10.7. The molecule has 0 heterocycles. The van der Waals surface area contributed by atoms with E-state index in [2.05, 4.69) is 0 Å². The lowest BCUT2D eigenvalue weighted by Gasteiger charge is -2.05. The van der Waals surface area contributed by atoms with E-state index < -0.39 is 0 Å². The summed E-state index contributed by atoms with van der Waals surface area (Å²) in [7, 11) is 2.31. The van der Waals surface area contributed by atoms with Gasteiger partial charge in [-0.2, -0.15) is 0 Å². The molecule has 0 aromatic heterocycles. The zero-order valence-electron chi connectivity index (χ0n) is 8.31. The van der Waals surface area contributed by atoms with Crippen LogP contribution in [0.15, 0.2) is 36.4 Å². The number of methoxy groups -OCH3 is 1. The van der Waals surface area contributed by atoms with Gasteiger partial charge < -0.3 is 14.4 Å². The third kappa shape index (κ3) is 2.05. The van der Waals surface area contributed by atoms with Gasteiger partial charge in [-0.15, -0.1) is 0 Å². The molecule has 3 nitrogen and oxygen atoms in total. The summed E-state index contributed by atoms with van der Waals surface area (Å²) >= 11 is 0. The molecule has 0 saturated heterocycles. The van der Waals surface area contributed by atoms with Crippen molar-refractivity contribution in [2.45, 2.75) is 0 Å². The molecule has 0 bridgehead atoms. The first-order valence-electron chi connectivity index (χ1n) is 4.54. The van der Waals surface area contributed by atoms with Crippen molar-refractivity contribution in [1.82, 2.24) is 0 Å². The summed E-state index contributed by atoms with van der Waals surface area (Å²) in [4.78, 5) is 0. The van der Waals surface area contributed by atoms with Crippen LogP contribution in [0.5, 0.6) is 11.5 Å². The van der Waals surface area contributed by atoms with Crippen molar-refractivity contribution in [3.63, 3.8) is 0 Å². The van der Waals surface area contributed by atoms with Crippen molar-refractivity contribution in [2.75, 3.05) is 7.11 Å². The molecule has 4 heteroatoms. The number of hydrogen-bond donors (Lipinski definition) is 1. The first-order valence-corrected chi connectivity index (χ1v) is 4.54. The predicted octanol–water partition coefficient (Wildman–Crippen LogP) is 1.75. The molecule has 75 valence electrons. The van der Waals surface area contributed by atoms with Crippen molar-refractivity contribution in [3.8, 4) is 11.5 Å². The van der Waals surface area contributed by atoms with Gasteiger partial charge in [0.2, 0.25) is 0 Å². The fourth-order valence-electron chi connectivity index (χ4n) is 1.46. The number of rotatable bonds is 3. The Morgan fingerprint density at radius 1 is 1.00 bits per heavy atom. The minimum absolute atomic E-state index is 0.607. The summed E-state index contributed by atoms with van der Waals surface area (Å²) < 4.78 is 9.99. The Morgan fingerprint density at radius 3 is 2.20 bits per heavy atom. The Hall–Kier alpha value is -1.68. The Balaban J connectivity index is 2.45. The second-order valence-corrected chi connectivity index (χ2v) is 3.10.